The highest BCUT2D eigenvalue weighted by atomic mass is 16.5. The molecular formula is C20H32O3. The van der Waals surface area contributed by atoms with Gasteiger partial charge < -0.3 is 9.84 Å². The van der Waals surface area contributed by atoms with Gasteiger partial charge >= 0.3 is 5.97 Å². The number of benzene rings is 1. The van der Waals surface area contributed by atoms with Crippen molar-refractivity contribution >= 4 is 5.97 Å². The molecule has 3 heteroatoms. The van der Waals surface area contributed by atoms with E-state index in [4.69, 9.17) is 9.84 Å². The second kappa shape index (κ2) is 7.37. The lowest BCUT2D eigenvalue weighted by Crippen LogP contribution is -2.26. The van der Waals surface area contributed by atoms with Crippen LogP contribution in [0.25, 0.3) is 0 Å². The van der Waals surface area contributed by atoms with Gasteiger partial charge in [-0.1, -0.05) is 53.7 Å². The Morgan fingerprint density at radius 3 is 2.22 bits per heavy atom. The molecule has 0 bridgehead atoms. The smallest absolute Gasteiger partial charge is 0.303 e. The maximum absolute atomic E-state index is 10.9. The van der Waals surface area contributed by atoms with Crippen molar-refractivity contribution in [3.05, 3.63) is 28.8 Å². The monoisotopic (exact) mass is 320 g/mol. The number of methoxy groups -OCH3 is 1. The zero-order valence-corrected chi connectivity index (χ0v) is 15.7. The summed E-state index contributed by atoms with van der Waals surface area (Å²) >= 11 is 0. The van der Waals surface area contributed by atoms with Gasteiger partial charge in [-0.05, 0) is 41.2 Å². The van der Waals surface area contributed by atoms with Crippen LogP contribution >= 0.6 is 0 Å². The summed E-state index contributed by atoms with van der Waals surface area (Å²) in [6, 6.07) is 4.24. The van der Waals surface area contributed by atoms with Gasteiger partial charge in [-0.2, -0.15) is 0 Å². The quantitative estimate of drug-likeness (QED) is 0.770. The molecule has 0 unspecified atom stereocenters. The number of ether oxygens (including phenoxy) is 1. The number of hydrogen-bond acceptors (Lipinski definition) is 2. The van der Waals surface area contributed by atoms with Crippen molar-refractivity contribution in [3.8, 4) is 5.75 Å². The summed E-state index contributed by atoms with van der Waals surface area (Å²) in [6.07, 6.45) is 2.63. The van der Waals surface area contributed by atoms with Crippen molar-refractivity contribution in [3.63, 3.8) is 0 Å². The van der Waals surface area contributed by atoms with Crippen LogP contribution in [0.4, 0.5) is 0 Å². The summed E-state index contributed by atoms with van der Waals surface area (Å²) in [4.78, 5) is 10.9. The van der Waals surface area contributed by atoms with E-state index in [1.165, 1.54) is 5.56 Å². The Hall–Kier alpha value is -1.51. The van der Waals surface area contributed by atoms with Crippen LogP contribution in [0.2, 0.25) is 0 Å². The van der Waals surface area contributed by atoms with Gasteiger partial charge in [0.1, 0.15) is 5.75 Å². The maximum atomic E-state index is 10.9. The van der Waals surface area contributed by atoms with Crippen molar-refractivity contribution in [2.24, 2.45) is 5.41 Å². The molecule has 0 amide bonds. The summed E-state index contributed by atoms with van der Waals surface area (Å²) in [5.41, 5.74) is 3.61. The Bertz CT molecular complexity index is 551. The molecule has 0 spiro atoms. The fourth-order valence-electron chi connectivity index (χ4n) is 3.58. The van der Waals surface area contributed by atoms with Crippen LogP contribution in [0.15, 0.2) is 12.1 Å². The van der Waals surface area contributed by atoms with Gasteiger partial charge in [0.25, 0.3) is 0 Å². The molecule has 0 aliphatic rings. The molecule has 130 valence electrons. The molecular weight excluding hydrogens is 288 g/mol. The fourth-order valence-corrected chi connectivity index (χ4v) is 3.58. The van der Waals surface area contributed by atoms with Crippen LogP contribution in [0.1, 0.15) is 71.1 Å². The molecule has 23 heavy (non-hydrogen) atoms. The molecule has 0 saturated carbocycles. The molecule has 1 aromatic rings. The van der Waals surface area contributed by atoms with Gasteiger partial charge in [0, 0.05) is 12.0 Å². The summed E-state index contributed by atoms with van der Waals surface area (Å²) < 4.78 is 5.73. The molecule has 0 aliphatic carbocycles. The normalized spacial score (nSPS) is 12.3. The largest absolute Gasteiger partial charge is 0.496 e. The predicted molar refractivity (Wildman–Crippen MR) is 95.4 cm³/mol. The molecule has 1 rings (SSSR count). The SMILES string of the molecule is CCc1cc(CCC(=O)O)cc(C(C)(C)CC(C)(C)C)c1OC. The van der Waals surface area contributed by atoms with E-state index in [-0.39, 0.29) is 17.3 Å². The van der Waals surface area contributed by atoms with Crippen LogP contribution in [-0.2, 0) is 23.1 Å². The summed E-state index contributed by atoms with van der Waals surface area (Å²) in [5.74, 6) is 0.204. The first-order chi connectivity index (χ1) is 10.5. The number of rotatable bonds is 7. The summed E-state index contributed by atoms with van der Waals surface area (Å²) in [7, 11) is 1.72. The highest BCUT2D eigenvalue weighted by Crippen LogP contribution is 2.42. The van der Waals surface area contributed by atoms with Crippen molar-refractivity contribution in [1.82, 2.24) is 0 Å². The second-order valence-corrected chi connectivity index (χ2v) is 8.20. The number of hydrogen-bond donors (Lipinski definition) is 1. The Balaban J connectivity index is 3.36. The van der Waals surface area contributed by atoms with E-state index in [0.717, 1.165) is 29.7 Å². The van der Waals surface area contributed by atoms with Crippen LogP contribution in [0.5, 0.6) is 5.75 Å². The predicted octanol–water partition coefficient (Wildman–Crippen LogP) is 4.99. The summed E-state index contributed by atoms with van der Waals surface area (Å²) in [6.45, 7) is 13.3. The Morgan fingerprint density at radius 2 is 1.78 bits per heavy atom. The standard InChI is InChI=1S/C20H32O3/c1-8-15-11-14(9-10-17(21)22)12-16(18(15)23-7)20(5,6)13-19(2,3)4/h11-12H,8-10,13H2,1-7H3,(H,21,22). The maximum Gasteiger partial charge on any atom is 0.303 e. The average Bonchev–Trinajstić information content (AvgIpc) is 2.41. The molecule has 0 fully saturated rings. The van der Waals surface area contributed by atoms with Crippen LogP contribution in [0.3, 0.4) is 0 Å². The Labute approximate surface area is 141 Å². The fraction of sp³-hybridized carbons (Fsp3) is 0.650. The first kappa shape index (κ1) is 19.5. The molecule has 0 saturated heterocycles. The first-order valence-electron chi connectivity index (χ1n) is 8.42. The van der Waals surface area contributed by atoms with Crippen molar-refractivity contribution in [2.75, 3.05) is 7.11 Å². The van der Waals surface area contributed by atoms with Gasteiger partial charge in [0.05, 0.1) is 7.11 Å². The molecule has 1 N–H and O–H groups in total. The van der Waals surface area contributed by atoms with E-state index >= 15 is 0 Å². The molecule has 0 heterocycles. The molecule has 1 aromatic carbocycles. The van der Waals surface area contributed by atoms with Gasteiger partial charge in [-0.3, -0.25) is 4.79 Å². The van der Waals surface area contributed by atoms with E-state index in [9.17, 15) is 4.79 Å². The van der Waals surface area contributed by atoms with E-state index < -0.39 is 5.97 Å². The van der Waals surface area contributed by atoms with E-state index in [2.05, 4.69) is 53.7 Å². The Kier molecular flexibility index (Phi) is 6.26. The third kappa shape index (κ3) is 5.56. The number of carboxylic acids is 1. The topological polar surface area (TPSA) is 46.5 Å². The zero-order chi connectivity index (χ0) is 17.8. The first-order valence-corrected chi connectivity index (χ1v) is 8.42. The van der Waals surface area contributed by atoms with Gasteiger partial charge in [-0.25, -0.2) is 0 Å². The van der Waals surface area contributed by atoms with E-state index in [0.29, 0.717) is 6.42 Å². The van der Waals surface area contributed by atoms with Gasteiger partial charge in [-0.15, -0.1) is 0 Å². The highest BCUT2D eigenvalue weighted by Gasteiger charge is 2.31. The van der Waals surface area contributed by atoms with Crippen LogP contribution in [0, 0.1) is 5.41 Å². The number of carbonyl (C=O) groups is 1. The molecule has 0 atom stereocenters. The molecule has 0 radical (unpaired) electrons. The Morgan fingerprint density at radius 1 is 1.17 bits per heavy atom. The number of aliphatic carboxylic acids is 1. The van der Waals surface area contributed by atoms with E-state index in [1.807, 2.05) is 0 Å². The lowest BCUT2D eigenvalue weighted by atomic mass is 9.71. The lowest BCUT2D eigenvalue weighted by molar-refractivity contribution is -0.136. The molecule has 3 nitrogen and oxygen atoms in total. The third-order valence-corrected chi connectivity index (χ3v) is 4.14. The zero-order valence-electron chi connectivity index (χ0n) is 15.7. The second-order valence-electron chi connectivity index (χ2n) is 8.20. The highest BCUT2D eigenvalue weighted by molar-refractivity contribution is 5.67. The molecule has 0 aromatic heterocycles. The van der Waals surface area contributed by atoms with Crippen LogP contribution in [-0.4, -0.2) is 18.2 Å². The van der Waals surface area contributed by atoms with E-state index in [1.54, 1.807) is 7.11 Å². The minimum Gasteiger partial charge on any atom is -0.496 e. The minimum absolute atomic E-state index is 0.0350. The number of carboxylic acid groups (broad SMARTS) is 1. The van der Waals surface area contributed by atoms with Crippen molar-refractivity contribution in [2.45, 2.75) is 72.6 Å². The number of aryl methyl sites for hydroxylation is 2. The molecule has 0 aliphatic heterocycles. The van der Waals surface area contributed by atoms with Crippen molar-refractivity contribution in [1.29, 1.82) is 0 Å². The van der Waals surface area contributed by atoms with Crippen LogP contribution < -0.4 is 4.74 Å². The minimum atomic E-state index is -0.755. The van der Waals surface area contributed by atoms with Gasteiger partial charge in [0.15, 0.2) is 0 Å². The lowest BCUT2D eigenvalue weighted by Gasteiger charge is -2.35. The summed E-state index contributed by atoms with van der Waals surface area (Å²) in [5, 5.41) is 8.96. The third-order valence-electron chi connectivity index (χ3n) is 4.14. The average molecular weight is 320 g/mol. The van der Waals surface area contributed by atoms with Crippen molar-refractivity contribution < 1.29 is 14.6 Å². The van der Waals surface area contributed by atoms with Gasteiger partial charge in [0.2, 0.25) is 0 Å².